The van der Waals surface area contributed by atoms with E-state index in [9.17, 15) is 14.7 Å². The third-order valence-electron chi connectivity index (χ3n) is 4.70. The lowest BCUT2D eigenvalue weighted by atomic mass is 9.78. The van der Waals surface area contributed by atoms with Gasteiger partial charge in [-0.25, -0.2) is 4.79 Å². The number of fused-ring (bicyclic) bond motifs is 1. The highest BCUT2D eigenvalue weighted by Crippen LogP contribution is 2.32. The number of hydrogen-bond donors (Lipinski definition) is 2. The van der Waals surface area contributed by atoms with Crippen LogP contribution in [0.2, 0.25) is 0 Å². The fourth-order valence-electron chi connectivity index (χ4n) is 3.36. The van der Waals surface area contributed by atoms with Gasteiger partial charge in [0.15, 0.2) is 5.58 Å². The van der Waals surface area contributed by atoms with Gasteiger partial charge in [-0.1, -0.05) is 19.4 Å². The van der Waals surface area contributed by atoms with E-state index in [1.54, 1.807) is 19.2 Å². The van der Waals surface area contributed by atoms with Crippen LogP contribution in [-0.2, 0) is 18.4 Å². The number of nitrogens with one attached hydrogen (secondary N) is 1. The Hall–Kier alpha value is -2.08. The summed E-state index contributed by atoms with van der Waals surface area (Å²) in [6.07, 6.45) is 2.95. The molecule has 0 radical (unpaired) electrons. The predicted molar refractivity (Wildman–Crippen MR) is 85.9 cm³/mol. The summed E-state index contributed by atoms with van der Waals surface area (Å²) in [5.74, 6) is -0.367. The van der Waals surface area contributed by atoms with Crippen LogP contribution in [0.1, 0.15) is 38.2 Å². The van der Waals surface area contributed by atoms with Crippen molar-refractivity contribution in [1.82, 2.24) is 9.88 Å². The Morgan fingerprint density at radius 3 is 3.04 bits per heavy atom. The average Bonchev–Trinajstić information content (AvgIpc) is 2.79. The largest absolute Gasteiger partial charge is 0.419 e. The minimum atomic E-state index is -1.26. The van der Waals surface area contributed by atoms with E-state index < -0.39 is 11.4 Å². The lowest BCUT2D eigenvalue weighted by Gasteiger charge is -2.34. The molecule has 0 spiro atoms. The number of amides is 1. The SMILES string of the molecule is CC1CCCC(O)(C(=O)NCc2ccc3oc(=O)n(C)c3c2)C1. The van der Waals surface area contributed by atoms with Crippen molar-refractivity contribution in [3.63, 3.8) is 0 Å². The van der Waals surface area contributed by atoms with Crippen molar-refractivity contribution in [1.29, 1.82) is 0 Å². The number of nitrogens with zero attached hydrogens (tertiary/aromatic N) is 1. The van der Waals surface area contributed by atoms with Crippen molar-refractivity contribution in [3.8, 4) is 0 Å². The molecular weight excluding hydrogens is 296 g/mol. The second-order valence-corrected chi connectivity index (χ2v) is 6.64. The van der Waals surface area contributed by atoms with Gasteiger partial charge in [0.25, 0.3) is 5.91 Å². The van der Waals surface area contributed by atoms with Gasteiger partial charge in [-0.15, -0.1) is 0 Å². The molecule has 2 aromatic rings. The number of carbonyl (C=O) groups excluding carboxylic acids is 1. The standard InChI is InChI=1S/C17H22N2O4/c1-11-4-3-7-17(22,9-11)15(20)18-10-12-5-6-14-13(8-12)19(2)16(21)23-14/h5-6,8,11,22H,3-4,7,9-10H2,1-2H3,(H,18,20). The maximum atomic E-state index is 12.3. The van der Waals surface area contributed by atoms with Crippen LogP contribution in [0, 0.1) is 5.92 Å². The van der Waals surface area contributed by atoms with E-state index in [1.807, 2.05) is 6.07 Å². The molecule has 1 saturated carbocycles. The minimum absolute atomic E-state index is 0.310. The van der Waals surface area contributed by atoms with E-state index >= 15 is 0 Å². The topological polar surface area (TPSA) is 84.5 Å². The van der Waals surface area contributed by atoms with E-state index in [-0.39, 0.29) is 5.91 Å². The Kier molecular flexibility index (Phi) is 4.02. The van der Waals surface area contributed by atoms with E-state index in [1.165, 1.54) is 4.57 Å². The Balaban J connectivity index is 1.71. The van der Waals surface area contributed by atoms with Crippen molar-refractivity contribution < 1.29 is 14.3 Å². The van der Waals surface area contributed by atoms with Gasteiger partial charge in [0.1, 0.15) is 5.60 Å². The van der Waals surface area contributed by atoms with Crippen molar-refractivity contribution in [2.24, 2.45) is 13.0 Å². The molecule has 1 amide bonds. The number of oxazole rings is 1. The van der Waals surface area contributed by atoms with Crippen LogP contribution in [0.4, 0.5) is 0 Å². The van der Waals surface area contributed by atoms with Crippen LogP contribution in [0.3, 0.4) is 0 Å². The molecule has 0 bridgehead atoms. The van der Waals surface area contributed by atoms with Crippen LogP contribution in [0.15, 0.2) is 27.4 Å². The summed E-state index contributed by atoms with van der Waals surface area (Å²) < 4.78 is 6.51. The van der Waals surface area contributed by atoms with Crippen molar-refractivity contribution in [3.05, 3.63) is 34.3 Å². The molecule has 1 aliphatic carbocycles. The number of carbonyl (C=O) groups is 1. The van der Waals surface area contributed by atoms with Gasteiger partial charge in [-0.05, 0) is 42.9 Å². The van der Waals surface area contributed by atoms with E-state index in [2.05, 4.69) is 12.2 Å². The molecule has 2 atom stereocenters. The van der Waals surface area contributed by atoms with Gasteiger partial charge in [0, 0.05) is 13.6 Å². The zero-order valence-electron chi connectivity index (χ0n) is 13.5. The first kappa shape index (κ1) is 15.8. The van der Waals surface area contributed by atoms with Crippen LogP contribution >= 0.6 is 0 Å². The molecule has 1 fully saturated rings. The first-order chi connectivity index (χ1) is 10.9. The minimum Gasteiger partial charge on any atom is -0.408 e. The zero-order valence-corrected chi connectivity index (χ0v) is 13.5. The quantitative estimate of drug-likeness (QED) is 0.902. The molecule has 3 rings (SSSR count). The van der Waals surface area contributed by atoms with Crippen LogP contribution in [0.25, 0.3) is 11.1 Å². The summed E-state index contributed by atoms with van der Waals surface area (Å²) in [5.41, 5.74) is 0.804. The highest BCUT2D eigenvalue weighted by molar-refractivity contribution is 5.85. The smallest absolute Gasteiger partial charge is 0.408 e. The van der Waals surface area contributed by atoms with Crippen LogP contribution in [-0.4, -0.2) is 21.2 Å². The molecule has 0 aliphatic heterocycles. The average molecular weight is 318 g/mol. The van der Waals surface area contributed by atoms with E-state index in [0.717, 1.165) is 18.4 Å². The molecule has 1 aromatic carbocycles. The molecular formula is C17H22N2O4. The van der Waals surface area contributed by atoms with Gasteiger partial charge in [0.05, 0.1) is 5.52 Å². The van der Waals surface area contributed by atoms with Crippen molar-refractivity contribution in [2.75, 3.05) is 0 Å². The fraction of sp³-hybridized carbons (Fsp3) is 0.529. The molecule has 124 valence electrons. The Labute approximate surface area is 134 Å². The maximum Gasteiger partial charge on any atom is 0.419 e. The van der Waals surface area contributed by atoms with Gasteiger partial charge in [-0.2, -0.15) is 0 Å². The third-order valence-corrected chi connectivity index (χ3v) is 4.70. The molecule has 23 heavy (non-hydrogen) atoms. The first-order valence-electron chi connectivity index (χ1n) is 7.98. The highest BCUT2D eigenvalue weighted by Gasteiger charge is 2.39. The normalized spacial score (nSPS) is 24.7. The Morgan fingerprint density at radius 1 is 1.52 bits per heavy atom. The first-order valence-corrected chi connectivity index (χ1v) is 7.98. The molecule has 6 nitrogen and oxygen atoms in total. The summed E-state index contributed by atoms with van der Waals surface area (Å²) in [7, 11) is 1.64. The molecule has 2 N–H and O–H groups in total. The third kappa shape index (κ3) is 3.03. The maximum absolute atomic E-state index is 12.3. The van der Waals surface area contributed by atoms with E-state index in [0.29, 0.717) is 36.4 Å². The molecule has 1 aliphatic rings. The van der Waals surface area contributed by atoms with Gasteiger partial charge < -0.3 is 14.8 Å². The fourth-order valence-corrected chi connectivity index (χ4v) is 3.36. The van der Waals surface area contributed by atoms with Gasteiger partial charge >= 0.3 is 5.76 Å². The van der Waals surface area contributed by atoms with Crippen molar-refractivity contribution in [2.45, 2.75) is 44.8 Å². The number of aryl methyl sites for hydroxylation is 1. The summed E-state index contributed by atoms with van der Waals surface area (Å²) >= 11 is 0. The molecule has 2 unspecified atom stereocenters. The number of hydrogen-bond acceptors (Lipinski definition) is 4. The zero-order chi connectivity index (χ0) is 16.6. The Morgan fingerprint density at radius 2 is 2.30 bits per heavy atom. The van der Waals surface area contributed by atoms with E-state index in [4.69, 9.17) is 4.42 Å². The Bertz CT molecular complexity index is 791. The summed E-state index contributed by atoms with van der Waals surface area (Å²) in [4.78, 5) is 23.8. The van der Waals surface area contributed by atoms with Crippen molar-refractivity contribution >= 4 is 17.0 Å². The summed E-state index contributed by atoms with van der Waals surface area (Å²) in [6, 6.07) is 5.34. The highest BCUT2D eigenvalue weighted by atomic mass is 16.4. The molecule has 6 heteroatoms. The van der Waals surface area contributed by atoms with Gasteiger partial charge in [0.2, 0.25) is 0 Å². The molecule has 1 aromatic heterocycles. The summed E-state index contributed by atoms with van der Waals surface area (Å²) in [5, 5.41) is 13.3. The lowest BCUT2D eigenvalue weighted by molar-refractivity contribution is -0.144. The number of aromatic nitrogens is 1. The second-order valence-electron chi connectivity index (χ2n) is 6.64. The molecule has 0 saturated heterocycles. The molecule has 1 heterocycles. The number of rotatable bonds is 3. The number of benzene rings is 1. The second kappa shape index (κ2) is 5.85. The predicted octanol–water partition coefficient (Wildman–Crippen LogP) is 1.69. The monoisotopic (exact) mass is 318 g/mol. The van der Waals surface area contributed by atoms with Gasteiger partial charge in [-0.3, -0.25) is 9.36 Å². The van der Waals surface area contributed by atoms with Crippen LogP contribution in [0.5, 0.6) is 0 Å². The summed E-state index contributed by atoms with van der Waals surface area (Å²) in [6.45, 7) is 2.37. The number of aliphatic hydroxyl groups is 1. The van der Waals surface area contributed by atoms with Crippen LogP contribution < -0.4 is 11.1 Å². The lowest BCUT2D eigenvalue weighted by Crippen LogP contribution is -2.49.